The number of nitrogens with two attached hydrogens (primary N) is 1. The maximum atomic E-state index is 11.2. The van der Waals surface area contributed by atoms with Gasteiger partial charge in [-0.3, -0.25) is 4.79 Å². The van der Waals surface area contributed by atoms with Crippen LogP contribution in [0.4, 0.5) is 5.69 Å². The lowest BCUT2D eigenvalue weighted by atomic mass is 10.4. The van der Waals surface area contributed by atoms with Crippen molar-refractivity contribution in [2.24, 2.45) is 7.05 Å². The van der Waals surface area contributed by atoms with Crippen molar-refractivity contribution in [3.8, 4) is 0 Å². The minimum Gasteiger partial charge on any atom is -0.398 e. The highest BCUT2D eigenvalue weighted by molar-refractivity contribution is 8.13. The third kappa shape index (κ3) is 2.02. The van der Waals surface area contributed by atoms with Crippen LogP contribution in [0.2, 0.25) is 0 Å². The van der Waals surface area contributed by atoms with Crippen LogP contribution in [0.15, 0.2) is 22.0 Å². The number of aryl methyl sites for hydroxylation is 1. The summed E-state index contributed by atoms with van der Waals surface area (Å²) in [5.41, 5.74) is 4.82. The van der Waals surface area contributed by atoms with Gasteiger partial charge in [-0.1, -0.05) is 0 Å². The molecule has 0 aliphatic heterocycles. The molecule has 5 nitrogen and oxygen atoms in total. The van der Waals surface area contributed by atoms with Crippen LogP contribution in [0.3, 0.4) is 0 Å². The number of anilines is 1. The molecule has 1 aromatic rings. The topological polar surface area (TPSA) is 82.2 Å². The first kappa shape index (κ1) is 10.1. The van der Waals surface area contributed by atoms with Crippen molar-refractivity contribution in [2.75, 3.05) is 5.73 Å². The van der Waals surface area contributed by atoms with E-state index in [-0.39, 0.29) is 5.69 Å². The molecule has 0 radical (unpaired) electrons. The number of nitrogen functional groups attached to an aromatic ring is 1. The van der Waals surface area contributed by atoms with Crippen LogP contribution >= 0.6 is 10.7 Å². The van der Waals surface area contributed by atoms with Crippen LogP contribution in [0, 0.1) is 0 Å². The quantitative estimate of drug-likeness (QED) is 0.673. The Labute approximate surface area is 79.2 Å². The van der Waals surface area contributed by atoms with Gasteiger partial charge < -0.3 is 10.3 Å². The van der Waals surface area contributed by atoms with E-state index in [1.807, 2.05) is 0 Å². The molecule has 0 unspecified atom stereocenters. The van der Waals surface area contributed by atoms with Gasteiger partial charge in [0.05, 0.1) is 0 Å². The molecule has 0 saturated carbocycles. The molecule has 0 atom stereocenters. The Hall–Kier alpha value is -1.01. The standard InChI is InChI=1S/C6H7ClN2O3S/c1-9-3-4(8)2-5(6(9)10)13(7,11)12/h2-3H,8H2,1H3. The van der Waals surface area contributed by atoms with Gasteiger partial charge >= 0.3 is 0 Å². The predicted octanol–water partition coefficient (Wildman–Crippen LogP) is -0.105. The smallest absolute Gasteiger partial charge is 0.270 e. The van der Waals surface area contributed by atoms with Crippen LogP contribution in [0.5, 0.6) is 0 Å². The molecule has 0 spiro atoms. The molecule has 7 heteroatoms. The summed E-state index contributed by atoms with van der Waals surface area (Å²) in [7, 11) is 2.38. The van der Waals surface area contributed by atoms with Gasteiger partial charge in [-0.05, 0) is 6.07 Å². The number of rotatable bonds is 1. The summed E-state index contributed by atoms with van der Waals surface area (Å²) in [6, 6.07) is 1.03. The van der Waals surface area contributed by atoms with E-state index in [9.17, 15) is 13.2 Å². The summed E-state index contributed by atoms with van der Waals surface area (Å²) >= 11 is 0. The largest absolute Gasteiger partial charge is 0.398 e. The van der Waals surface area contributed by atoms with Crippen LogP contribution in [0.25, 0.3) is 0 Å². The van der Waals surface area contributed by atoms with E-state index in [1.165, 1.54) is 13.2 Å². The average molecular weight is 223 g/mol. The highest BCUT2D eigenvalue weighted by Gasteiger charge is 2.16. The maximum Gasteiger partial charge on any atom is 0.270 e. The first-order valence-electron chi connectivity index (χ1n) is 3.23. The Bertz CT molecular complexity index is 491. The molecule has 72 valence electrons. The Balaban J connectivity index is 3.66. The molecular formula is C6H7ClN2O3S. The summed E-state index contributed by atoms with van der Waals surface area (Å²) in [6.07, 6.45) is 1.31. The van der Waals surface area contributed by atoms with Crippen molar-refractivity contribution in [2.45, 2.75) is 4.90 Å². The van der Waals surface area contributed by atoms with Gasteiger partial charge in [0.15, 0.2) is 0 Å². The fourth-order valence-electron chi connectivity index (χ4n) is 0.881. The van der Waals surface area contributed by atoms with Crippen molar-refractivity contribution in [3.05, 3.63) is 22.6 Å². The van der Waals surface area contributed by atoms with Crippen molar-refractivity contribution in [1.82, 2.24) is 4.57 Å². The van der Waals surface area contributed by atoms with Crippen LogP contribution in [0.1, 0.15) is 0 Å². The second-order valence-corrected chi connectivity index (χ2v) is 5.03. The van der Waals surface area contributed by atoms with Crippen molar-refractivity contribution >= 4 is 25.4 Å². The van der Waals surface area contributed by atoms with Gasteiger partial charge in [0.2, 0.25) is 0 Å². The summed E-state index contributed by atoms with van der Waals surface area (Å²) in [4.78, 5) is 10.7. The van der Waals surface area contributed by atoms with E-state index in [1.54, 1.807) is 0 Å². The normalized spacial score (nSPS) is 11.5. The Morgan fingerprint density at radius 1 is 1.54 bits per heavy atom. The number of nitrogens with zero attached hydrogens (tertiary/aromatic N) is 1. The number of aromatic nitrogens is 1. The minimum atomic E-state index is -4.02. The zero-order chi connectivity index (χ0) is 10.2. The summed E-state index contributed by atoms with van der Waals surface area (Å²) < 4.78 is 22.8. The Morgan fingerprint density at radius 2 is 2.08 bits per heavy atom. The van der Waals surface area contributed by atoms with E-state index < -0.39 is 19.5 Å². The average Bonchev–Trinajstić information content (AvgIpc) is 1.94. The van der Waals surface area contributed by atoms with Crippen molar-refractivity contribution in [3.63, 3.8) is 0 Å². The molecule has 2 N–H and O–H groups in total. The molecule has 1 aromatic heterocycles. The van der Waals surface area contributed by atoms with Crippen LogP contribution in [-0.2, 0) is 16.1 Å². The Morgan fingerprint density at radius 3 is 2.54 bits per heavy atom. The third-order valence-corrected chi connectivity index (χ3v) is 2.75. The molecule has 0 aliphatic rings. The van der Waals surface area contributed by atoms with Crippen LogP contribution < -0.4 is 11.3 Å². The molecule has 0 aliphatic carbocycles. The van der Waals surface area contributed by atoms with Gasteiger partial charge in [-0.15, -0.1) is 0 Å². The van der Waals surface area contributed by atoms with E-state index in [4.69, 9.17) is 16.4 Å². The van der Waals surface area contributed by atoms with Crippen LogP contribution in [-0.4, -0.2) is 13.0 Å². The van der Waals surface area contributed by atoms with E-state index >= 15 is 0 Å². The van der Waals surface area contributed by atoms with Gasteiger partial charge in [0, 0.05) is 29.6 Å². The molecule has 1 heterocycles. The fourth-order valence-corrected chi connectivity index (χ4v) is 1.84. The zero-order valence-corrected chi connectivity index (χ0v) is 8.26. The Kier molecular flexibility index (Phi) is 2.36. The van der Waals surface area contributed by atoms with E-state index in [0.717, 1.165) is 10.6 Å². The minimum absolute atomic E-state index is 0.168. The molecule has 0 saturated heterocycles. The van der Waals surface area contributed by atoms with Gasteiger partial charge in [-0.25, -0.2) is 8.42 Å². The molecule has 13 heavy (non-hydrogen) atoms. The summed E-state index contributed by atoms with van der Waals surface area (Å²) in [6.45, 7) is 0. The second kappa shape index (κ2) is 3.04. The third-order valence-electron chi connectivity index (χ3n) is 1.43. The number of hydrogen-bond donors (Lipinski definition) is 1. The predicted molar refractivity (Wildman–Crippen MR) is 49.1 cm³/mol. The lowest BCUT2D eigenvalue weighted by Gasteiger charge is -2.01. The van der Waals surface area contributed by atoms with Gasteiger partial charge in [-0.2, -0.15) is 0 Å². The molecule has 0 aromatic carbocycles. The first-order chi connectivity index (χ1) is 5.82. The fraction of sp³-hybridized carbons (Fsp3) is 0.167. The highest BCUT2D eigenvalue weighted by Crippen LogP contribution is 2.12. The maximum absolute atomic E-state index is 11.2. The summed E-state index contributed by atoms with van der Waals surface area (Å²) in [5.74, 6) is 0. The van der Waals surface area contributed by atoms with Crippen molar-refractivity contribution < 1.29 is 8.42 Å². The van der Waals surface area contributed by atoms with Gasteiger partial charge in [0.1, 0.15) is 4.90 Å². The second-order valence-electron chi connectivity index (χ2n) is 2.49. The molecule has 0 amide bonds. The zero-order valence-electron chi connectivity index (χ0n) is 6.69. The first-order valence-corrected chi connectivity index (χ1v) is 5.54. The molecule has 0 bridgehead atoms. The summed E-state index contributed by atoms with van der Waals surface area (Å²) in [5, 5.41) is 0. The number of pyridine rings is 1. The molecule has 0 fully saturated rings. The van der Waals surface area contributed by atoms with Gasteiger partial charge in [0.25, 0.3) is 14.6 Å². The van der Waals surface area contributed by atoms with E-state index in [2.05, 4.69) is 0 Å². The molecule has 1 rings (SSSR count). The SMILES string of the molecule is Cn1cc(N)cc(S(=O)(=O)Cl)c1=O. The highest BCUT2D eigenvalue weighted by atomic mass is 35.7. The van der Waals surface area contributed by atoms with Crippen molar-refractivity contribution in [1.29, 1.82) is 0 Å². The lowest BCUT2D eigenvalue weighted by Crippen LogP contribution is -2.22. The number of hydrogen-bond acceptors (Lipinski definition) is 4. The number of halogens is 1. The monoisotopic (exact) mass is 222 g/mol. The molecular weight excluding hydrogens is 216 g/mol. The lowest BCUT2D eigenvalue weighted by molar-refractivity contribution is 0.607. The van der Waals surface area contributed by atoms with E-state index in [0.29, 0.717) is 0 Å².